The van der Waals surface area contributed by atoms with E-state index in [1.165, 1.54) is 0 Å². The van der Waals surface area contributed by atoms with Crippen LogP contribution in [-0.4, -0.2) is 36.4 Å². The SMILES string of the molecule is C=C(C)C(=O)OCCCC(O)COC(=O)C(C)(C)CC. The monoisotopic (exact) mass is 286 g/mol. The van der Waals surface area contributed by atoms with Gasteiger partial charge in [0.05, 0.1) is 18.1 Å². The molecule has 0 rings (SSSR count). The molecule has 20 heavy (non-hydrogen) atoms. The lowest BCUT2D eigenvalue weighted by atomic mass is 9.91. The van der Waals surface area contributed by atoms with Gasteiger partial charge in [0.1, 0.15) is 6.61 Å². The van der Waals surface area contributed by atoms with Crippen molar-refractivity contribution in [3.63, 3.8) is 0 Å². The first kappa shape index (κ1) is 18.6. The van der Waals surface area contributed by atoms with E-state index >= 15 is 0 Å². The van der Waals surface area contributed by atoms with Gasteiger partial charge >= 0.3 is 11.9 Å². The first-order valence-corrected chi connectivity index (χ1v) is 6.88. The highest BCUT2D eigenvalue weighted by molar-refractivity contribution is 5.86. The average molecular weight is 286 g/mol. The van der Waals surface area contributed by atoms with Crippen molar-refractivity contribution in [2.24, 2.45) is 5.41 Å². The van der Waals surface area contributed by atoms with Crippen LogP contribution in [0.2, 0.25) is 0 Å². The number of ether oxygens (including phenoxy) is 2. The molecule has 0 spiro atoms. The molecule has 0 aromatic carbocycles. The van der Waals surface area contributed by atoms with E-state index in [0.29, 0.717) is 24.8 Å². The highest BCUT2D eigenvalue weighted by Gasteiger charge is 2.27. The van der Waals surface area contributed by atoms with Crippen LogP contribution < -0.4 is 0 Å². The van der Waals surface area contributed by atoms with Crippen molar-refractivity contribution in [3.8, 4) is 0 Å². The minimum absolute atomic E-state index is 0.0311. The van der Waals surface area contributed by atoms with Crippen molar-refractivity contribution in [2.45, 2.75) is 53.1 Å². The number of carbonyl (C=O) groups excluding carboxylic acids is 2. The van der Waals surface area contributed by atoms with Gasteiger partial charge < -0.3 is 14.6 Å². The largest absolute Gasteiger partial charge is 0.463 e. The quantitative estimate of drug-likeness (QED) is 0.400. The molecular formula is C15H26O5. The Hall–Kier alpha value is -1.36. The third kappa shape index (κ3) is 7.28. The molecule has 5 nitrogen and oxygen atoms in total. The molecule has 0 radical (unpaired) electrons. The van der Waals surface area contributed by atoms with Crippen molar-refractivity contribution in [1.82, 2.24) is 0 Å². The van der Waals surface area contributed by atoms with Gasteiger partial charge in [-0.2, -0.15) is 0 Å². The zero-order valence-corrected chi connectivity index (χ0v) is 12.9. The molecule has 0 bridgehead atoms. The number of hydrogen-bond acceptors (Lipinski definition) is 5. The number of aliphatic hydroxyl groups excluding tert-OH is 1. The number of hydrogen-bond donors (Lipinski definition) is 1. The number of esters is 2. The second-order valence-electron chi connectivity index (χ2n) is 5.55. The molecule has 0 aliphatic carbocycles. The van der Waals surface area contributed by atoms with Crippen LogP contribution in [0.4, 0.5) is 0 Å². The fourth-order valence-electron chi connectivity index (χ4n) is 1.20. The topological polar surface area (TPSA) is 72.8 Å². The second-order valence-corrected chi connectivity index (χ2v) is 5.55. The Morgan fingerprint density at radius 3 is 2.40 bits per heavy atom. The zero-order valence-electron chi connectivity index (χ0n) is 12.9. The number of carbonyl (C=O) groups is 2. The summed E-state index contributed by atoms with van der Waals surface area (Å²) in [6.07, 6.45) is 0.854. The summed E-state index contributed by atoms with van der Waals surface area (Å²) in [4.78, 5) is 22.8. The number of rotatable bonds is 9. The fourth-order valence-corrected chi connectivity index (χ4v) is 1.20. The van der Waals surface area contributed by atoms with Crippen LogP contribution >= 0.6 is 0 Å². The lowest BCUT2D eigenvalue weighted by Crippen LogP contribution is -2.29. The van der Waals surface area contributed by atoms with Crippen molar-refractivity contribution in [1.29, 1.82) is 0 Å². The Labute approximate surface area is 121 Å². The Bertz CT molecular complexity index is 346. The van der Waals surface area contributed by atoms with E-state index in [9.17, 15) is 14.7 Å². The van der Waals surface area contributed by atoms with Crippen LogP contribution in [0.5, 0.6) is 0 Å². The molecule has 0 fully saturated rings. The zero-order chi connectivity index (χ0) is 15.8. The highest BCUT2D eigenvalue weighted by Crippen LogP contribution is 2.21. The normalized spacial score (nSPS) is 12.7. The summed E-state index contributed by atoms with van der Waals surface area (Å²) >= 11 is 0. The van der Waals surface area contributed by atoms with E-state index in [1.807, 2.05) is 6.92 Å². The fraction of sp³-hybridized carbons (Fsp3) is 0.733. The molecule has 0 aliphatic rings. The summed E-state index contributed by atoms with van der Waals surface area (Å²) in [7, 11) is 0. The molecule has 1 atom stereocenters. The van der Waals surface area contributed by atoms with E-state index in [4.69, 9.17) is 9.47 Å². The molecule has 1 unspecified atom stereocenters. The summed E-state index contributed by atoms with van der Waals surface area (Å²) in [5.41, 5.74) is -0.183. The minimum atomic E-state index is -0.741. The van der Waals surface area contributed by atoms with Gasteiger partial charge in [0.2, 0.25) is 0 Å². The maximum absolute atomic E-state index is 11.7. The molecule has 0 saturated heterocycles. The van der Waals surface area contributed by atoms with Crippen molar-refractivity contribution in [3.05, 3.63) is 12.2 Å². The van der Waals surface area contributed by atoms with Crippen LogP contribution in [0.15, 0.2) is 12.2 Å². The Kier molecular flexibility index (Phi) is 8.15. The van der Waals surface area contributed by atoms with Gasteiger partial charge in [-0.1, -0.05) is 13.5 Å². The molecule has 0 aromatic rings. The summed E-state index contributed by atoms with van der Waals surface area (Å²) in [6, 6.07) is 0. The molecule has 0 aliphatic heterocycles. The third-order valence-electron chi connectivity index (χ3n) is 3.11. The van der Waals surface area contributed by atoms with E-state index in [2.05, 4.69) is 6.58 Å². The molecule has 0 aromatic heterocycles. The van der Waals surface area contributed by atoms with E-state index in [-0.39, 0.29) is 19.2 Å². The van der Waals surface area contributed by atoms with Gasteiger partial charge in [0.25, 0.3) is 0 Å². The van der Waals surface area contributed by atoms with Crippen LogP contribution in [0.25, 0.3) is 0 Å². The second kappa shape index (κ2) is 8.74. The minimum Gasteiger partial charge on any atom is -0.463 e. The lowest BCUT2D eigenvalue weighted by molar-refractivity contribution is -0.157. The van der Waals surface area contributed by atoms with E-state index < -0.39 is 17.5 Å². The molecule has 116 valence electrons. The van der Waals surface area contributed by atoms with Crippen LogP contribution in [0.1, 0.15) is 47.0 Å². The van der Waals surface area contributed by atoms with Gasteiger partial charge in [-0.3, -0.25) is 4.79 Å². The maximum atomic E-state index is 11.7. The molecule has 1 N–H and O–H groups in total. The highest BCUT2D eigenvalue weighted by atomic mass is 16.5. The number of aliphatic hydroxyl groups is 1. The van der Waals surface area contributed by atoms with Gasteiger partial charge in [-0.25, -0.2) is 4.79 Å². The van der Waals surface area contributed by atoms with Crippen molar-refractivity contribution in [2.75, 3.05) is 13.2 Å². The van der Waals surface area contributed by atoms with Crippen LogP contribution in [-0.2, 0) is 19.1 Å². The maximum Gasteiger partial charge on any atom is 0.333 e. The Morgan fingerprint density at radius 2 is 1.90 bits per heavy atom. The van der Waals surface area contributed by atoms with Crippen LogP contribution in [0.3, 0.4) is 0 Å². The molecule has 0 saturated carbocycles. The summed E-state index contributed by atoms with van der Waals surface area (Å²) in [6.45, 7) is 10.8. The Morgan fingerprint density at radius 1 is 1.30 bits per heavy atom. The lowest BCUT2D eigenvalue weighted by Gasteiger charge is -2.21. The predicted molar refractivity (Wildman–Crippen MR) is 76.0 cm³/mol. The molecule has 0 amide bonds. The van der Waals surface area contributed by atoms with E-state index in [0.717, 1.165) is 0 Å². The third-order valence-corrected chi connectivity index (χ3v) is 3.11. The summed E-state index contributed by atoms with van der Waals surface area (Å²) in [5, 5.41) is 9.68. The summed E-state index contributed by atoms with van der Waals surface area (Å²) < 4.78 is 9.96. The average Bonchev–Trinajstić information content (AvgIpc) is 2.40. The van der Waals surface area contributed by atoms with Crippen molar-refractivity contribution < 1.29 is 24.2 Å². The summed E-state index contributed by atoms with van der Waals surface area (Å²) in [5.74, 6) is -0.747. The molecule has 5 heteroatoms. The molecule has 0 heterocycles. The van der Waals surface area contributed by atoms with Gasteiger partial charge in [-0.15, -0.1) is 0 Å². The first-order chi connectivity index (χ1) is 9.20. The standard InChI is InChI=1S/C15H26O5/c1-6-15(4,5)14(18)20-10-12(16)8-7-9-19-13(17)11(2)3/h12,16H,2,6-10H2,1,3-5H3. The van der Waals surface area contributed by atoms with Gasteiger partial charge in [0, 0.05) is 5.57 Å². The molecular weight excluding hydrogens is 260 g/mol. The predicted octanol–water partition coefficient (Wildman–Crippen LogP) is 2.23. The van der Waals surface area contributed by atoms with Crippen molar-refractivity contribution >= 4 is 11.9 Å². The van der Waals surface area contributed by atoms with Gasteiger partial charge in [0.15, 0.2) is 0 Å². The van der Waals surface area contributed by atoms with E-state index in [1.54, 1.807) is 20.8 Å². The Balaban J connectivity index is 3.80. The first-order valence-electron chi connectivity index (χ1n) is 6.88. The van der Waals surface area contributed by atoms with Crippen LogP contribution in [0, 0.1) is 5.41 Å². The smallest absolute Gasteiger partial charge is 0.333 e. The van der Waals surface area contributed by atoms with Gasteiger partial charge in [-0.05, 0) is 40.0 Å².